The standard InChI is InChI=1S/C24H22N4O4S2/c1-3-10-28-22(12-30-19-7-5-18(29-2)6-8-19)26-27-24(28)34-14-17-13-33-23(25-17)16-4-9-20-21(11-16)32-15-31-20/h3-9,11,13H,1,10,12,14-15H2,2H3. The number of aromatic nitrogens is 4. The number of hydrogen-bond acceptors (Lipinski definition) is 9. The van der Waals surface area contributed by atoms with E-state index in [2.05, 4.69) is 22.2 Å². The summed E-state index contributed by atoms with van der Waals surface area (Å²) >= 11 is 3.19. The second-order valence-corrected chi connectivity index (χ2v) is 9.06. The minimum Gasteiger partial charge on any atom is -0.497 e. The smallest absolute Gasteiger partial charge is 0.231 e. The fourth-order valence-corrected chi connectivity index (χ4v) is 5.12. The SMILES string of the molecule is C=CCn1c(COc2ccc(OC)cc2)nnc1SCc1csc(-c2ccc3c(c2)OCO3)n1. The summed E-state index contributed by atoms with van der Waals surface area (Å²) in [6.45, 7) is 5.02. The van der Waals surface area contributed by atoms with Crippen LogP contribution in [-0.4, -0.2) is 33.7 Å². The molecule has 5 rings (SSSR count). The topological polar surface area (TPSA) is 80.5 Å². The molecule has 0 bridgehead atoms. The summed E-state index contributed by atoms with van der Waals surface area (Å²) in [7, 11) is 1.64. The lowest BCUT2D eigenvalue weighted by molar-refractivity contribution is 0.174. The minimum atomic E-state index is 0.261. The zero-order valence-electron chi connectivity index (χ0n) is 18.5. The van der Waals surface area contributed by atoms with Gasteiger partial charge in [-0.2, -0.15) is 0 Å². The van der Waals surface area contributed by atoms with Crippen molar-refractivity contribution in [2.24, 2.45) is 0 Å². The van der Waals surface area contributed by atoms with Crippen LogP contribution in [0.4, 0.5) is 0 Å². The van der Waals surface area contributed by atoms with Crippen molar-refractivity contribution in [1.82, 2.24) is 19.7 Å². The van der Waals surface area contributed by atoms with Gasteiger partial charge >= 0.3 is 0 Å². The molecule has 8 nitrogen and oxygen atoms in total. The summed E-state index contributed by atoms with van der Waals surface area (Å²) in [5, 5.41) is 12.5. The van der Waals surface area contributed by atoms with Crippen LogP contribution in [0.25, 0.3) is 10.6 Å². The van der Waals surface area contributed by atoms with Crippen molar-refractivity contribution in [3.05, 3.63) is 72.0 Å². The zero-order chi connectivity index (χ0) is 23.3. The highest BCUT2D eigenvalue weighted by atomic mass is 32.2. The lowest BCUT2D eigenvalue weighted by Crippen LogP contribution is -2.07. The van der Waals surface area contributed by atoms with E-state index in [4.69, 9.17) is 23.9 Å². The predicted octanol–water partition coefficient (Wildman–Crippen LogP) is 5.20. The monoisotopic (exact) mass is 494 g/mol. The fraction of sp³-hybridized carbons (Fsp3) is 0.208. The van der Waals surface area contributed by atoms with Crippen LogP contribution < -0.4 is 18.9 Å². The van der Waals surface area contributed by atoms with Crippen LogP contribution in [0, 0.1) is 0 Å². The molecular weight excluding hydrogens is 472 g/mol. The lowest BCUT2D eigenvalue weighted by atomic mass is 10.2. The van der Waals surface area contributed by atoms with Gasteiger partial charge in [-0.3, -0.25) is 4.57 Å². The molecule has 0 fully saturated rings. The molecule has 1 aliphatic heterocycles. The first-order valence-corrected chi connectivity index (χ1v) is 12.4. The van der Waals surface area contributed by atoms with Crippen molar-refractivity contribution in [3.8, 4) is 33.6 Å². The Balaban J connectivity index is 1.24. The third kappa shape index (κ3) is 4.87. The van der Waals surface area contributed by atoms with Crippen LogP contribution in [0.2, 0.25) is 0 Å². The minimum absolute atomic E-state index is 0.261. The van der Waals surface area contributed by atoms with Crippen LogP contribution in [0.1, 0.15) is 11.5 Å². The number of thioether (sulfide) groups is 1. The maximum Gasteiger partial charge on any atom is 0.231 e. The molecule has 0 amide bonds. The van der Waals surface area contributed by atoms with Gasteiger partial charge in [0.05, 0.1) is 12.8 Å². The number of thiazole rings is 1. The maximum atomic E-state index is 5.89. The van der Waals surface area contributed by atoms with Crippen LogP contribution in [0.5, 0.6) is 23.0 Å². The van der Waals surface area contributed by atoms with Gasteiger partial charge in [0.15, 0.2) is 22.5 Å². The van der Waals surface area contributed by atoms with E-state index < -0.39 is 0 Å². The van der Waals surface area contributed by atoms with Gasteiger partial charge in [-0.15, -0.1) is 28.1 Å². The first kappa shape index (κ1) is 22.3. The van der Waals surface area contributed by atoms with Gasteiger partial charge in [-0.1, -0.05) is 17.8 Å². The number of fused-ring (bicyclic) bond motifs is 1. The quantitative estimate of drug-likeness (QED) is 0.220. The third-order valence-corrected chi connectivity index (χ3v) is 6.99. The van der Waals surface area contributed by atoms with Crippen molar-refractivity contribution < 1.29 is 18.9 Å². The Morgan fingerprint density at radius 1 is 1.12 bits per heavy atom. The highest BCUT2D eigenvalue weighted by molar-refractivity contribution is 7.98. The van der Waals surface area contributed by atoms with Gasteiger partial charge in [0, 0.05) is 23.2 Å². The lowest BCUT2D eigenvalue weighted by Gasteiger charge is -2.09. The first-order valence-electron chi connectivity index (χ1n) is 10.5. The molecule has 0 atom stereocenters. The molecule has 4 aromatic rings. The first-order chi connectivity index (χ1) is 16.7. The summed E-state index contributed by atoms with van der Waals surface area (Å²) in [6, 6.07) is 13.3. The molecule has 0 unspecified atom stereocenters. The third-order valence-electron chi connectivity index (χ3n) is 5.05. The van der Waals surface area contributed by atoms with Crippen LogP contribution in [-0.2, 0) is 18.9 Å². The Morgan fingerprint density at radius 3 is 2.76 bits per heavy atom. The Hall–Kier alpha value is -3.50. The molecule has 0 aliphatic carbocycles. The number of hydrogen-bond donors (Lipinski definition) is 0. The van der Waals surface area contributed by atoms with Gasteiger partial charge in [0.2, 0.25) is 6.79 Å². The van der Waals surface area contributed by atoms with E-state index >= 15 is 0 Å². The van der Waals surface area contributed by atoms with E-state index in [9.17, 15) is 0 Å². The van der Waals surface area contributed by atoms with Crippen LogP contribution >= 0.6 is 23.1 Å². The van der Waals surface area contributed by atoms with Crippen molar-refractivity contribution in [2.45, 2.75) is 24.1 Å². The van der Waals surface area contributed by atoms with Crippen LogP contribution in [0.15, 0.2) is 65.7 Å². The van der Waals surface area contributed by atoms with Gasteiger partial charge in [0.25, 0.3) is 0 Å². The molecule has 3 heterocycles. The second kappa shape index (κ2) is 10.2. The number of rotatable bonds is 10. The molecule has 0 spiro atoms. The molecule has 0 saturated carbocycles. The number of nitrogens with zero attached hydrogens (tertiary/aromatic N) is 4. The average molecular weight is 495 g/mol. The maximum absolute atomic E-state index is 5.89. The number of methoxy groups -OCH3 is 1. The molecule has 2 aromatic carbocycles. The van der Waals surface area contributed by atoms with Gasteiger partial charge in [-0.05, 0) is 42.5 Å². The second-order valence-electron chi connectivity index (χ2n) is 7.26. The Labute approximate surface area is 205 Å². The number of ether oxygens (including phenoxy) is 4. The average Bonchev–Trinajstić information content (AvgIpc) is 3.62. The molecule has 34 heavy (non-hydrogen) atoms. The van der Waals surface area contributed by atoms with E-state index in [1.807, 2.05) is 53.1 Å². The molecule has 10 heteroatoms. The Bertz CT molecular complexity index is 1290. The fourth-order valence-electron chi connectivity index (χ4n) is 3.34. The Morgan fingerprint density at radius 2 is 1.94 bits per heavy atom. The number of benzene rings is 2. The van der Waals surface area contributed by atoms with E-state index in [1.165, 1.54) is 0 Å². The molecule has 0 saturated heterocycles. The molecule has 2 aromatic heterocycles. The zero-order valence-corrected chi connectivity index (χ0v) is 20.1. The van der Waals surface area contributed by atoms with E-state index in [1.54, 1.807) is 30.2 Å². The predicted molar refractivity (Wildman–Crippen MR) is 131 cm³/mol. The largest absolute Gasteiger partial charge is 0.497 e. The van der Waals surface area contributed by atoms with Gasteiger partial charge in [-0.25, -0.2) is 4.98 Å². The van der Waals surface area contributed by atoms with Crippen molar-refractivity contribution in [1.29, 1.82) is 0 Å². The molecule has 0 radical (unpaired) electrons. The van der Waals surface area contributed by atoms with Crippen LogP contribution in [0.3, 0.4) is 0 Å². The van der Waals surface area contributed by atoms with E-state index in [0.29, 0.717) is 18.9 Å². The number of allylic oxidation sites excluding steroid dienone is 1. The Kier molecular flexibility index (Phi) is 6.68. The molecule has 174 valence electrons. The summed E-state index contributed by atoms with van der Waals surface area (Å²) in [5.41, 5.74) is 1.99. The van der Waals surface area contributed by atoms with Crippen molar-refractivity contribution >= 4 is 23.1 Å². The van der Waals surface area contributed by atoms with Gasteiger partial charge in [0.1, 0.15) is 23.1 Å². The van der Waals surface area contributed by atoms with Crippen molar-refractivity contribution in [2.75, 3.05) is 13.9 Å². The normalized spacial score (nSPS) is 12.0. The summed E-state index contributed by atoms with van der Waals surface area (Å²) in [5.74, 6) is 4.45. The highest BCUT2D eigenvalue weighted by Crippen LogP contribution is 2.37. The summed E-state index contributed by atoms with van der Waals surface area (Å²) in [4.78, 5) is 4.78. The highest BCUT2D eigenvalue weighted by Gasteiger charge is 2.16. The molecule has 1 aliphatic rings. The van der Waals surface area contributed by atoms with E-state index in [0.717, 1.165) is 50.2 Å². The molecular formula is C24H22N4O4S2. The van der Waals surface area contributed by atoms with Gasteiger partial charge < -0.3 is 18.9 Å². The summed E-state index contributed by atoms with van der Waals surface area (Å²) < 4.78 is 23.9. The molecule has 0 N–H and O–H groups in total. The van der Waals surface area contributed by atoms with Crippen molar-refractivity contribution in [3.63, 3.8) is 0 Å². The van der Waals surface area contributed by atoms with E-state index in [-0.39, 0.29) is 6.79 Å². The summed E-state index contributed by atoms with van der Waals surface area (Å²) in [6.07, 6.45) is 1.82.